The van der Waals surface area contributed by atoms with Crippen molar-refractivity contribution in [3.63, 3.8) is 0 Å². The van der Waals surface area contributed by atoms with Gasteiger partial charge in [0, 0.05) is 3.57 Å². The maximum absolute atomic E-state index is 6.12. The summed E-state index contributed by atoms with van der Waals surface area (Å²) in [5.41, 5.74) is 0.749. The van der Waals surface area contributed by atoms with E-state index in [-0.39, 0.29) is 0 Å². The average molecular weight is 393 g/mol. The number of nitrogens with zero attached hydrogens (tertiary/aromatic N) is 2. The first-order chi connectivity index (χ1) is 9.19. The zero-order valence-electron chi connectivity index (χ0n) is 10.4. The molecule has 0 unspecified atom stereocenters. The van der Waals surface area contributed by atoms with E-state index < -0.39 is 0 Å². The van der Waals surface area contributed by atoms with Crippen LogP contribution in [0.3, 0.4) is 0 Å². The first-order valence-electron chi connectivity index (χ1n) is 5.94. The van der Waals surface area contributed by atoms with Crippen molar-refractivity contribution in [3.8, 4) is 0 Å². The highest BCUT2D eigenvalue weighted by Crippen LogP contribution is 2.26. The quantitative estimate of drug-likeness (QED) is 0.581. The third-order valence-electron chi connectivity index (χ3n) is 2.34. The molecule has 2 N–H and O–H groups in total. The first kappa shape index (κ1) is 14.5. The van der Waals surface area contributed by atoms with E-state index in [0.29, 0.717) is 23.5 Å². The molecule has 0 bridgehead atoms. The highest BCUT2D eigenvalue weighted by Gasteiger charge is 2.08. The van der Waals surface area contributed by atoms with Gasteiger partial charge in [0.1, 0.15) is 0 Å². The number of anilines is 2. The van der Waals surface area contributed by atoms with Gasteiger partial charge in [-0.25, -0.2) is 0 Å². The van der Waals surface area contributed by atoms with Crippen LogP contribution in [0.2, 0.25) is 5.02 Å². The summed E-state index contributed by atoms with van der Waals surface area (Å²) in [6.07, 6.45) is 1.07. The van der Waals surface area contributed by atoms with Crippen LogP contribution in [0.4, 0.5) is 11.7 Å². The summed E-state index contributed by atoms with van der Waals surface area (Å²) in [6.45, 7) is 3.60. The minimum Gasteiger partial charge on any atom is -0.406 e. The molecule has 2 rings (SSSR count). The number of halogens is 2. The number of aromatic nitrogens is 2. The number of rotatable bonds is 6. The predicted octanol–water partition coefficient (Wildman–Crippen LogP) is 3.57. The molecule has 0 spiro atoms. The lowest BCUT2D eigenvalue weighted by molar-refractivity contribution is 0.479. The lowest BCUT2D eigenvalue weighted by atomic mass is 10.3. The Morgan fingerprint density at radius 2 is 2.21 bits per heavy atom. The summed E-state index contributed by atoms with van der Waals surface area (Å²) >= 11 is 8.32. The molecule has 0 saturated heterocycles. The molecule has 19 heavy (non-hydrogen) atoms. The van der Waals surface area contributed by atoms with Gasteiger partial charge in [-0.15, -0.1) is 5.10 Å². The van der Waals surface area contributed by atoms with E-state index in [0.717, 1.165) is 22.2 Å². The molecule has 1 aromatic carbocycles. The van der Waals surface area contributed by atoms with Gasteiger partial charge in [-0.3, -0.25) is 0 Å². The average Bonchev–Trinajstić information content (AvgIpc) is 2.81. The molecule has 1 heterocycles. The fourth-order valence-corrected chi connectivity index (χ4v) is 2.36. The second-order valence-corrected chi connectivity index (χ2v) is 5.58. The van der Waals surface area contributed by atoms with Gasteiger partial charge in [0.2, 0.25) is 5.89 Å². The van der Waals surface area contributed by atoms with Crippen molar-refractivity contribution >= 4 is 45.9 Å². The van der Waals surface area contributed by atoms with Crippen LogP contribution in [-0.2, 0) is 6.54 Å². The predicted molar refractivity (Wildman–Crippen MR) is 83.7 cm³/mol. The highest BCUT2D eigenvalue weighted by molar-refractivity contribution is 14.1. The van der Waals surface area contributed by atoms with Crippen molar-refractivity contribution in [2.45, 2.75) is 19.9 Å². The number of nitrogens with one attached hydrogen (secondary N) is 2. The largest absolute Gasteiger partial charge is 0.406 e. The van der Waals surface area contributed by atoms with Gasteiger partial charge < -0.3 is 15.1 Å². The number of hydrogen-bond donors (Lipinski definition) is 2. The van der Waals surface area contributed by atoms with Crippen LogP contribution in [0.5, 0.6) is 0 Å². The summed E-state index contributed by atoms with van der Waals surface area (Å²) in [5, 5.41) is 14.7. The molecule has 0 amide bonds. The van der Waals surface area contributed by atoms with E-state index >= 15 is 0 Å². The van der Waals surface area contributed by atoms with E-state index in [2.05, 4.69) is 50.3 Å². The van der Waals surface area contributed by atoms with Crippen molar-refractivity contribution in [2.75, 3.05) is 11.9 Å². The molecule has 0 aliphatic heterocycles. The van der Waals surface area contributed by atoms with Gasteiger partial charge in [-0.05, 0) is 53.8 Å². The second kappa shape index (κ2) is 7.06. The van der Waals surface area contributed by atoms with Crippen molar-refractivity contribution in [1.82, 2.24) is 15.5 Å². The third-order valence-corrected chi connectivity index (χ3v) is 3.33. The fourth-order valence-electron chi connectivity index (χ4n) is 1.45. The van der Waals surface area contributed by atoms with Gasteiger partial charge in [0.15, 0.2) is 0 Å². The SMILES string of the molecule is CCCNCc1nnc(Nc2ccc(I)cc2Cl)o1. The molecule has 0 fully saturated rings. The van der Waals surface area contributed by atoms with Gasteiger partial charge in [0.05, 0.1) is 17.3 Å². The van der Waals surface area contributed by atoms with Crippen LogP contribution in [0, 0.1) is 3.57 Å². The zero-order chi connectivity index (χ0) is 13.7. The minimum atomic E-state index is 0.344. The smallest absolute Gasteiger partial charge is 0.320 e. The maximum atomic E-state index is 6.12. The highest BCUT2D eigenvalue weighted by atomic mass is 127. The molecule has 0 aliphatic rings. The number of benzene rings is 1. The Labute approximate surface area is 130 Å². The van der Waals surface area contributed by atoms with Crippen LogP contribution in [0.1, 0.15) is 19.2 Å². The normalized spacial score (nSPS) is 10.7. The van der Waals surface area contributed by atoms with Crippen molar-refractivity contribution < 1.29 is 4.42 Å². The van der Waals surface area contributed by atoms with E-state index in [1.807, 2.05) is 18.2 Å². The van der Waals surface area contributed by atoms with Crippen LogP contribution in [-0.4, -0.2) is 16.7 Å². The summed E-state index contributed by atoms with van der Waals surface area (Å²) in [7, 11) is 0. The third kappa shape index (κ3) is 4.32. The molecular weight excluding hydrogens is 379 g/mol. The lowest BCUT2D eigenvalue weighted by Gasteiger charge is -2.04. The van der Waals surface area contributed by atoms with E-state index in [9.17, 15) is 0 Å². The second-order valence-electron chi connectivity index (χ2n) is 3.93. The molecule has 0 radical (unpaired) electrons. The molecule has 1 aromatic heterocycles. The molecule has 2 aromatic rings. The minimum absolute atomic E-state index is 0.344. The Kier molecular flexibility index (Phi) is 5.41. The molecule has 0 aliphatic carbocycles. The zero-order valence-corrected chi connectivity index (χ0v) is 13.3. The van der Waals surface area contributed by atoms with E-state index in [1.165, 1.54) is 0 Å². The Bertz CT molecular complexity index is 546. The monoisotopic (exact) mass is 392 g/mol. The van der Waals surface area contributed by atoms with Crippen LogP contribution >= 0.6 is 34.2 Å². The van der Waals surface area contributed by atoms with Crippen LogP contribution in [0.15, 0.2) is 22.6 Å². The first-order valence-corrected chi connectivity index (χ1v) is 7.40. The molecule has 5 nitrogen and oxygen atoms in total. The Balaban J connectivity index is 1.99. The Morgan fingerprint density at radius 3 is 2.95 bits per heavy atom. The molecular formula is C12H14ClIN4O. The maximum Gasteiger partial charge on any atom is 0.320 e. The van der Waals surface area contributed by atoms with Crippen molar-refractivity contribution in [2.24, 2.45) is 0 Å². The summed E-state index contributed by atoms with van der Waals surface area (Å²) in [5.74, 6) is 0.553. The van der Waals surface area contributed by atoms with Gasteiger partial charge in [-0.2, -0.15) is 0 Å². The topological polar surface area (TPSA) is 63.0 Å². The van der Waals surface area contributed by atoms with Crippen molar-refractivity contribution in [3.05, 3.63) is 32.7 Å². The Morgan fingerprint density at radius 1 is 1.37 bits per heavy atom. The number of hydrogen-bond acceptors (Lipinski definition) is 5. The van der Waals surface area contributed by atoms with Crippen molar-refractivity contribution in [1.29, 1.82) is 0 Å². The molecule has 0 atom stereocenters. The fraction of sp³-hybridized carbons (Fsp3) is 0.333. The molecule has 0 saturated carbocycles. The summed E-state index contributed by atoms with van der Waals surface area (Å²) < 4.78 is 6.54. The standard InChI is InChI=1S/C12H14ClIN4O/c1-2-5-15-7-11-17-18-12(19-11)16-10-4-3-8(14)6-9(10)13/h3-4,6,15H,2,5,7H2,1H3,(H,16,18). The van der Waals surface area contributed by atoms with Crippen LogP contribution in [0.25, 0.3) is 0 Å². The summed E-state index contributed by atoms with van der Waals surface area (Å²) in [4.78, 5) is 0. The van der Waals surface area contributed by atoms with Gasteiger partial charge in [-0.1, -0.05) is 23.6 Å². The summed E-state index contributed by atoms with van der Waals surface area (Å²) in [6, 6.07) is 6.04. The molecule has 102 valence electrons. The van der Waals surface area contributed by atoms with E-state index in [4.69, 9.17) is 16.0 Å². The Hall–Kier alpha value is -0.860. The lowest BCUT2D eigenvalue weighted by Crippen LogP contribution is -2.13. The van der Waals surface area contributed by atoms with Gasteiger partial charge >= 0.3 is 6.01 Å². The van der Waals surface area contributed by atoms with Gasteiger partial charge in [0.25, 0.3) is 0 Å². The van der Waals surface area contributed by atoms with Crippen LogP contribution < -0.4 is 10.6 Å². The molecule has 7 heteroatoms. The van der Waals surface area contributed by atoms with E-state index in [1.54, 1.807) is 0 Å².